The third kappa shape index (κ3) is 40.6. The highest BCUT2D eigenvalue weighted by Gasteiger charge is 2.21. The molecule has 4 N–H and O–H groups in total. The normalized spacial score (nSPS) is 13.5. The number of hydrogen-bond donors (Lipinski definition) is 4. The van der Waals surface area contributed by atoms with E-state index in [0.29, 0.717) is 12.8 Å². The van der Waals surface area contributed by atoms with Crippen molar-refractivity contribution in [3.63, 3.8) is 0 Å². The fraction of sp³-hybridized carbons (Fsp3) is 0.938. The Morgan fingerprint density at radius 1 is 0.453 bits per heavy atom. The van der Waals surface area contributed by atoms with Crippen molar-refractivity contribution in [3.05, 3.63) is 12.2 Å². The number of aliphatic hydroxyl groups excluding tert-OH is 3. The number of amides is 1. The molecule has 0 aromatic carbocycles. The van der Waals surface area contributed by atoms with Crippen LogP contribution in [0.4, 0.5) is 0 Å². The van der Waals surface area contributed by atoms with Gasteiger partial charge in [-0.25, -0.2) is 0 Å². The van der Waals surface area contributed by atoms with Crippen molar-refractivity contribution in [2.24, 2.45) is 0 Å². The fourth-order valence-corrected chi connectivity index (χ4v) is 7.64. The molecule has 0 saturated carbocycles. The van der Waals surface area contributed by atoms with Gasteiger partial charge in [-0.15, -0.1) is 0 Å². The van der Waals surface area contributed by atoms with Gasteiger partial charge >= 0.3 is 0 Å². The quantitative estimate of drug-likeness (QED) is 0.0369. The maximum atomic E-state index is 12.5. The molecule has 0 aromatic heterocycles. The SMILES string of the molecule is CCCCCCCCCCCCCC/C=C\CCCCCCCC(O)CC(=O)NC(CO)C(O)CCCCCCCCCCCCCCCCCCC. The third-order valence-corrected chi connectivity index (χ3v) is 11.3. The Labute approximate surface area is 331 Å². The van der Waals surface area contributed by atoms with Crippen LogP contribution < -0.4 is 5.32 Å². The molecule has 0 fully saturated rings. The van der Waals surface area contributed by atoms with E-state index >= 15 is 0 Å². The maximum Gasteiger partial charge on any atom is 0.222 e. The van der Waals surface area contributed by atoms with Crippen molar-refractivity contribution < 1.29 is 20.1 Å². The Morgan fingerprint density at radius 2 is 0.755 bits per heavy atom. The van der Waals surface area contributed by atoms with E-state index in [-0.39, 0.29) is 18.9 Å². The first kappa shape index (κ1) is 52.1. The van der Waals surface area contributed by atoms with Crippen molar-refractivity contribution in [3.8, 4) is 0 Å². The average molecular weight is 750 g/mol. The first-order valence-electron chi connectivity index (χ1n) is 24.0. The summed E-state index contributed by atoms with van der Waals surface area (Å²) in [6, 6.07) is -0.658. The van der Waals surface area contributed by atoms with Gasteiger partial charge in [-0.3, -0.25) is 4.79 Å². The van der Waals surface area contributed by atoms with Gasteiger partial charge < -0.3 is 20.6 Å². The Hall–Kier alpha value is -0.910. The molecule has 0 aromatic rings. The van der Waals surface area contributed by atoms with E-state index in [1.54, 1.807) is 0 Å². The van der Waals surface area contributed by atoms with Gasteiger partial charge in [0.1, 0.15) is 0 Å². The van der Waals surface area contributed by atoms with Crippen LogP contribution in [0.15, 0.2) is 12.2 Å². The smallest absolute Gasteiger partial charge is 0.222 e. The minimum Gasteiger partial charge on any atom is -0.394 e. The van der Waals surface area contributed by atoms with E-state index in [1.165, 1.54) is 205 Å². The molecule has 0 saturated heterocycles. The molecule has 53 heavy (non-hydrogen) atoms. The number of carbonyl (C=O) groups is 1. The second kappa shape index (κ2) is 43.8. The molecule has 3 unspecified atom stereocenters. The lowest BCUT2D eigenvalue weighted by molar-refractivity contribution is -0.125. The van der Waals surface area contributed by atoms with E-state index in [0.717, 1.165) is 25.7 Å². The summed E-state index contributed by atoms with van der Waals surface area (Å²) in [6.07, 6.45) is 51.9. The predicted octanol–water partition coefficient (Wildman–Crippen LogP) is 14.0. The van der Waals surface area contributed by atoms with E-state index in [2.05, 4.69) is 31.3 Å². The Bertz CT molecular complexity index is 743. The molecule has 316 valence electrons. The zero-order chi connectivity index (χ0) is 38.7. The Kier molecular flexibility index (Phi) is 43.1. The number of carbonyl (C=O) groups excluding carboxylic acids is 1. The van der Waals surface area contributed by atoms with Crippen molar-refractivity contribution in [1.82, 2.24) is 5.32 Å². The van der Waals surface area contributed by atoms with Gasteiger partial charge in [-0.1, -0.05) is 231 Å². The first-order chi connectivity index (χ1) is 26.0. The molecule has 0 bridgehead atoms. The monoisotopic (exact) mass is 750 g/mol. The molecular formula is C48H95NO4. The van der Waals surface area contributed by atoms with Crippen LogP contribution in [0.2, 0.25) is 0 Å². The second-order valence-corrected chi connectivity index (χ2v) is 16.7. The summed E-state index contributed by atoms with van der Waals surface area (Å²) in [6.45, 7) is 4.28. The summed E-state index contributed by atoms with van der Waals surface area (Å²) in [5.74, 6) is -0.284. The van der Waals surface area contributed by atoms with Gasteiger partial charge in [-0.2, -0.15) is 0 Å². The number of aliphatic hydroxyl groups is 3. The molecule has 0 aliphatic rings. The molecule has 0 heterocycles. The molecule has 5 heteroatoms. The Morgan fingerprint density at radius 3 is 1.09 bits per heavy atom. The lowest BCUT2D eigenvalue weighted by atomic mass is 10.0. The standard InChI is InChI=1S/C48H95NO4/c1-3-5-7-9-11-13-15-17-19-21-22-23-24-26-27-29-31-33-35-37-39-41-45(51)43-48(53)49-46(44-50)47(52)42-40-38-36-34-32-30-28-25-20-18-16-14-12-10-8-6-4-2/h26-27,45-47,50-52H,3-25,28-44H2,1-2H3,(H,49,53)/b27-26-. The van der Waals surface area contributed by atoms with Crippen molar-refractivity contribution >= 4 is 5.91 Å². The predicted molar refractivity (Wildman–Crippen MR) is 232 cm³/mol. The first-order valence-corrected chi connectivity index (χ1v) is 24.0. The van der Waals surface area contributed by atoms with E-state index < -0.39 is 18.2 Å². The molecule has 0 rings (SSSR count). The zero-order valence-corrected chi connectivity index (χ0v) is 35.9. The molecule has 3 atom stereocenters. The van der Waals surface area contributed by atoms with Crippen LogP contribution in [0, 0.1) is 0 Å². The van der Waals surface area contributed by atoms with E-state index in [4.69, 9.17) is 0 Å². The van der Waals surface area contributed by atoms with Crippen LogP contribution in [-0.4, -0.2) is 46.1 Å². The molecule has 0 spiro atoms. The zero-order valence-electron chi connectivity index (χ0n) is 35.9. The highest BCUT2D eigenvalue weighted by atomic mass is 16.3. The van der Waals surface area contributed by atoms with Crippen molar-refractivity contribution in [1.29, 1.82) is 0 Å². The number of nitrogens with one attached hydrogen (secondary N) is 1. The minimum absolute atomic E-state index is 0.0341. The highest BCUT2D eigenvalue weighted by molar-refractivity contribution is 5.76. The fourth-order valence-electron chi connectivity index (χ4n) is 7.64. The lowest BCUT2D eigenvalue weighted by Gasteiger charge is -2.23. The van der Waals surface area contributed by atoms with Crippen LogP contribution in [0.25, 0.3) is 0 Å². The maximum absolute atomic E-state index is 12.5. The summed E-state index contributed by atoms with van der Waals surface area (Å²) in [5.41, 5.74) is 0. The highest BCUT2D eigenvalue weighted by Crippen LogP contribution is 2.17. The van der Waals surface area contributed by atoms with Gasteiger partial charge in [0.2, 0.25) is 5.91 Å². The molecule has 1 amide bonds. The van der Waals surface area contributed by atoms with Crippen LogP contribution in [-0.2, 0) is 4.79 Å². The van der Waals surface area contributed by atoms with Gasteiger partial charge in [0, 0.05) is 0 Å². The summed E-state index contributed by atoms with van der Waals surface area (Å²) >= 11 is 0. The van der Waals surface area contributed by atoms with E-state index in [9.17, 15) is 20.1 Å². The molecule has 0 aliphatic heterocycles. The minimum atomic E-state index is -0.748. The van der Waals surface area contributed by atoms with Crippen LogP contribution in [0.3, 0.4) is 0 Å². The van der Waals surface area contributed by atoms with Crippen molar-refractivity contribution in [2.45, 2.75) is 283 Å². The number of allylic oxidation sites excluding steroid dienone is 2. The summed E-state index contributed by atoms with van der Waals surface area (Å²) in [4.78, 5) is 12.5. The van der Waals surface area contributed by atoms with Crippen LogP contribution in [0.1, 0.15) is 264 Å². The second-order valence-electron chi connectivity index (χ2n) is 16.7. The van der Waals surface area contributed by atoms with Gasteiger partial charge in [0.05, 0.1) is 31.3 Å². The van der Waals surface area contributed by atoms with Crippen LogP contribution in [0.5, 0.6) is 0 Å². The molecule has 5 nitrogen and oxygen atoms in total. The van der Waals surface area contributed by atoms with E-state index in [1.807, 2.05) is 0 Å². The number of unbranched alkanes of at least 4 members (excludes halogenated alkanes) is 33. The van der Waals surface area contributed by atoms with Gasteiger partial charge in [0.15, 0.2) is 0 Å². The number of hydrogen-bond acceptors (Lipinski definition) is 4. The van der Waals surface area contributed by atoms with Crippen LogP contribution >= 0.6 is 0 Å². The largest absolute Gasteiger partial charge is 0.394 e. The molecule has 0 aliphatic carbocycles. The molecular weight excluding hydrogens is 655 g/mol. The number of rotatable bonds is 44. The topological polar surface area (TPSA) is 89.8 Å². The van der Waals surface area contributed by atoms with Crippen molar-refractivity contribution in [2.75, 3.05) is 6.61 Å². The summed E-state index contributed by atoms with van der Waals surface area (Å²) < 4.78 is 0. The molecule has 0 radical (unpaired) electrons. The summed E-state index contributed by atoms with van der Waals surface area (Å²) in [7, 11) is 0. The summed E-state index contributed by atoms with van der Waals surface area (Å²) in [5, 5.41) is 33.5. The average Bonchev–Trinajstić information content (AvgIpc) is 3.15. The van der Waals surface area contributed by atoms with Gasteiger partial charge in [0.25, 0.3) is 0 Å². The third-order valence-electron chi connectivity index (χ3n) is 11.3. The Balaban J connectivity index is 3.58. The van der Waals surface area contributed by atoms with Gasteiger partial charge in [-0.05, 0) is 38.5 Å². The lowest BCUT2D eigenvalue weighted by Crippen LogP contribution is -2.46.